The number of aliphatic imine (C=N–C) groups is 1. The molecule has 1 heterocycles. The van der Waals surface area contributed by atoms with Crippen molar-refractivity contribution in [1.82, 2.24) is 0 Å². The Morgan fingerprint density at radius 1 is 1.38 bits per heavy atom. The topological polar surface area (TPSA) is 72.6 Å². The van der Waals surface area contributed by atoms with E-state index in [4.69, 9.17) is 0 Å². The van der Waals surface area contributed by atoms with Gasteiger partial charge in [0.05, 0.1) is 10.6 Å². The van der Waals surface area contributed by atoms with Crippen LogP contribution in [0.3, 0.4) is 0 Å². The van der Waals surface area contributed by atoms with Crippen LogP contribution in [0.1, 0.15) is 19.4 Å². The van der Waals surface area contributed by atoms with E-state index in [2.05, 4.69) is 4.99 Å². The number of Topliss-reactive ketones (excluding diaryl/α,β-unsaturated/α-hetero) is 1. The molecule has 1 aliphatic heterocycles. The third-order valence-electron chi connectivity index (χ3n) is 2.81. The predicted octanol–water partition coefficient (Wildman–Crippen LogP) is 1.85. The average molecular weight is 218 g/mol. The fourth-order valence-corrected chi connectivity index (χ4v) is 1.86. The normalized spacial score (nSPS) is 22.5. The highest BCUT2D eigenvalue weighted by Crippen LogP contribution is 2.40. The number of nitro benzene ring substituents is 1. The number of nitro groups is 1. The Bertz CT molecular complexity index is 504. The molecule has 0 saturated carbocycles. The summed E-state index contributed by atoms with van der Waals surface area (Å²) >= 11 is 0. The second-order valence-corrected chi connectivity index (χ2v) is 3.77. The molecule has 0 bridgehead atoms. The van der Waals surface area contributed by atoms with Crippen LogP contribution in [-0.2, 0) is 10.3 Å². The van der Waals surface area contributed by atoms with E-state index < -0.39 is 10.5 Å². The largest absolute Gasteiger partial charge is 0.296 e. The fraction of sp³-hybridized carbons (Fsp3) is 0.273. The fourth-order valence-electron chi connectivity index (χ4n) is 1.86. The van der Waals surface area contributed by atoms with Crippen molar-refractivity contribution in [2.45, 2.75) is 19.4 Å². The van der Waals surface area contributed by atoms with E-state index in [0.29, 0.717) is 5.56 Å². The molecular formula is C11H10N2O3. The molecule has 0 fully saturated rings. The van der Waals surface area contributed by atoms with Gasteiger partial charge >= 0.3 is 0 Å². The Kier molecular flexibility index (Phi) is 2.11. The first-order valence-electron chi connectivity index (χ1n) is 4.81. The summed E-state index contributed by atoms with van der Waals surface area (Å²) in [6, 6.07) is 5.95. The Morgan fingerprint density at radius 2 is 1.88 bits per heavy atom. The average Bonchev–Trinajstić information content (AvgIpc) is 2.92. The maximum Gasteiger partial charge on any atom is 0.269 e. The number of carbonyl (C=O) groups excluding carboxylic acids is 1. The third-order valence-corrected chi connectivity index (χ3v) is 2.81. The van der Waals surface area contributed by atoms with E-state index >= 15 is 0 Å². The lowest BCUT2D eigenvalue weighted by Gasteiger charge is -2.10. The van der Waals surface area contributed by atoms with Crippen LogP contribution >= 0.6 is 0 Å². The van der Waals surface area contributed by atoms with Gasteiger partial charge in [0.2, 0.25) is 0 Å². The van der Waals surface area contributed by atoms with Crippen molar-refractivity contribution in [3.05, 3.63) is 39.9 Å². The molecule has 1 unspecified atom stereocenters. The van der Waals surface area contributed by atoms with Crippen molar-refractivity contribution in [1.29, 1.82) is 0 Å². The van der Waals surface area contributed by atoms with Crippen LogP contribution in [-0.4, -0.2) is 16.4 Å². The molecule has 0 spiro atoms. The molecule has 5 heteroatoms. The lowest BCUT2D eigenvalue weighted by Crippen LogP contribution is -2.24. The summed E-state index contributed by atoms with van der Waals surface area (Å²) in [6.07, 6.45) is 0. The van der Waals surface area contributed by atoms with E-state index in [1.807, 2.05) is 0 Å². The molecule has 0 aromatic heterocycles. The summed E-state index contributed by atoms with van der Waals surface area (Å²) < 4.78 is 0. The molecule has 2 rings (SSSR count). The summed E-state index contributed by atoms with van der Waals surface area (Å²) in [7, 11) is 0. The lowest BCUT2D eigenvalue weighted by atomic mass is 9.90. The molecule has 16 heavy (non-hydrogen) atoms. The molecule has 1 aromatic carbocycles. The molecule has 0 saturated heterocycles. The van der Waals surface area contributed by atoms with Crippen LogP contribution in [0.25, 0.3) is 0 Å². The van der Waals surface area contributed by atoms with Crippen molar-refractivity contribution in [2.75, 3.05) is 0 Å². The van der Waals surface area contributed by atoms with E-state index in [-0.39, 0.29) is 11.5 Å². The molecule has 0 radical (unpaired) electrons. The maximum absolute atomic E-state index is 11.5. The first kappa shape index (κ1) is 10.5. The minimum atomic E-state index is -0.838. The van der Waals surface area contributed by atoms with Crippen LogP contribution in [0.2, 0.25) is 0 Å². The third kappa shape index (κ3) is 1.32. The van der Waals surface area contributed by atoms with Gasteiger partial charge in [0.15, 0.2) is 11.3 Å². The number of nitrogens with zero attached hydrogens (tertiary/aromatic N) is 2. The molecule has 1 atom stereocenters. The van der Waals surface area contributed by atoms with Crippen molar-refractivity contribution < 1.29 is 9.72 Å². The molecule has 82 valence electrons. The van der Waals surface area contributed by atoms with Crippen molar-refractivity contribution in [3.63, 3.8) is 0 Å². The Balaban J connectivity index is 2.36. The van der Waals surface area contributed by atoms with Gasteiger partial charge in [-0.15, -0.1) is 0 Å². The van der Waals surface area contributed by atoms with E-state index in [0.717, 1.165) is 5.71 Å². The molecule has 1 aromatic rings. The van der Waals surface area contributed by atoms with Gasteiger partial charge in [0.1, 0.15) is 0 Å². The van der Waals surface area contributed by atoms with Gasteiger partial charge in [-0.1, -0.05) is 0 Å². The van der Waals surface area contributed by atoms with Gasteiger partial charge < -0.3 is 0 Å². The van der Waals surface area contributed by atoms with Crippen LogP contribution < -0.4 is 0 Å². The zero-order chi connectivity index (χ0) is 11.9. The number of benzene rings is 1. The smallest absolute Gasteiger partial charge is 0.269 e. The van der Waals surface area contributed by atoms with Crippen LogP contribution in [0.15, 0.2) is 29.3 Å². The summed E-state index contributed by atoms with van der Waals surface area (Å²) in [4.78, 5) is 25.7. The zero-order valence-electron chi connectivity index (χ0n) is 8.93. The summed E-state index contributed by atoms with van der Waals surface area (Å²) in [5, 5.41) is 10.5. The van der Waals surface area contributed by atoms with Gasteiger partial charge in [-0.05, 0) is 31.5 Å². The molecular weight excluding hydrogens is 208 g/mol. The molecule has 5 nitrogen and oxygen atoms in total. The summed E-state index contributed by atoms with van der Waals surface area (Å²) in [6.45, 7) is 3.25. The zero-order valence-corrected chi connectivity index (χ0v) is 8.93. The second kappa shape index (κ2) is 3.23. The van der Waals surface area contributed by atoms with Crippen molar-refractivity contribution >= 4 is 17.2 Å². The van der Waals surface area contributed by atoms with Gasteiger partial charge in [-0.25, -0.2) is 0 Å². The molecule has 1 aliphatic rings. The van der Waals surface area contributed by atoms with Crippen molar-refractivity contribution in [3.8, 4) is 0 Å². The van der Waals surface area contributed by atoms with Gasteiger partial charge in [0, 0.05) is 12.1 Å². The highest BCUT2D eigenvalue weighted by molar-refractivity contribution is 6.22. The lowest BCUT2D eigenvalue weighted by molar-refractivity contribution is -0.384. The number of rotatable bonds is 3. The van der Waals surface area contributed by atoms with Gasteiger partial charge in [0.25, 0.3) is 5.69 Å². The first-order valence-corrected chi connectivity index (χ1v) is 4.81. The Labute approximate surface area is 92.0 Å². The Hall–Kier alpha value is -2.04. The van der Waals surface area contributed by atoms with E-state index in [1.165, 1.54) is 19.1 Å². The summed E-state index contributed by atoms with van der Waals surface area (Å²) in [5.41, 5.74) is 0.632. The minimum absolute atomic E-state index is 0.0146. The number of hydrogen-bond acceptors (Lipinski definition) is 4. The molecule has 0 aliphatic carbocycles. The summed E-state index contributed by atoms with van der Waals surface area (Å²) in [5.74, 6) is -0.0566. The minimum Gasteiger partial charge on any atom is -0.296 e. The molecule has 0 N–H and O–H groups in total. The SMILES string of the molecule is CC(=O)C1(c2ccc([N+](=O)[O-])cc2)N=C1C. The number of hydrogen-bond donors (Lipinski definition) is 0. The first-order chi connectivity index (χ1) is 7.48. The maximum atomic E-state index is 11.5. The van der Waals surface area contributed by atoms with Crippen LogP contribution in [0.4, 0.5) is 5.69 Å². The number of ketones is 1. The van der Waals surface area contributed by atoms with Crippen LogP contribution in [0, 0.1) is 10.1 Å². The monoisotopic (exact) mass is 218 g/mol. The molecule has 0 amide bonds. The quantitative estimate of drug-likeness (QED) is 0.574. The van der Waals surface area contributed by atoms with Crippen molar-refractivity contribution in [2.24, 2.45) is 4.99 Å². The van der Waals surface area contributed by atoms with E-state index in [1.54, 1.807) is 19.1 Å². The predicted molar refractivity (Wildman–Crippen MR) is 58.6 cm³/mol. The van der Waals surface area contributed by atoms with E-state index in [9.17, 15) is 14.9 Å². The van der Waals surface area contributed by atoms with Crippen LogP contribution in [0.5, 0.6) is 0 Å². The highest BCUT2D eigenvalue weighted by Gasteiger charge is 2.50. The van der Waals surface area contributed by atoms with Gasteiger partial charge in [-0.2, -0.15) is 0 Å². The van der Waals surface area contributed by atoms with Gasteiger partial charge in [-0.3, -0.25) is 19.9 Å². The second-order valence-electron chi connectivity index (χ2n) is 3.77. The standard InChI is InChI=1S/C11H10N2O3/c1-7-11(12-7,8(2)14)9-3-5-10(6-4-9)13(15)16/h3-6H,1-2H3. The number of carbonyl (C=O) groups is 1. The number of non-ortho nitro benzene ring substituents is 1. The highest BCUT2D eigenvalue weighted by atomic mass is 16.6. The Morgan fingerprint density at radius 3 is 2.19 bits per heavy atom.